The van der Waals surface area contributed by atoms with E-state index >= 15 is 0 Å². The molecule has 0 unspecified atom stereocenters. The summed E-state index contributed by atoms with van der Waals surface area (Å²) in [4.78, 5) is 31.0. The molecule has 1 aromatic carbocycles. The van der Waals surface area contributed by atoms with Crippen molar-refractivity contribution in [3.8, 4) is 5.75 Å². The fraction of sp³-hybridized carbons (Fsp3) is 0.348. The number of thiazole rings is 1. The van der Waals surface area contributed by atoms with Crippen LogP contribution in [0.25, 0.3) is 0 Å². The number of hydrogen-bond donors (Lipinski definition) is 1. The number of carbonyl (C=O) groups excluding carboxylic acids is 2. The van der Waals surface area contributed by atoms with Crippen LogP contribution in [-0.2, 0) is 17.9 Å². The van der Waals surface area contributed by atoms with Gasteiger partial charge in [0.05, 0.1) is 11.4 Å². The number of ether oxygens (including phenoxy) is 1. The molecule has 0 saturated heterocycles. The molecule has 0 aliphatic carbocycles. The Morgan fingerprint density at radius 3 is 2.68 bits per heavy atom. The number of allylic oxidation sites excluding steroid dienone is 1. The van der Waals surface area contributed by atoms with Crippen molar-refractivity contribution in [1.82, 2.24) is 24.6 Å². The summed E-state index contributed by atoms with van der Waals surface area (Å²) in [7, 11) is 3.35. The number of amides is 2. The normalized spacial score (nSPS) is 10.7. The third-order valence-corrected chi connectivity index (χ3v) is 6.95. The molecular formula is C23H28N6O3S2. The molecule has 2 aromatic heterocycles. The zero-order chi connectivity index (χ0) is 24.8. The number of nitrogens with zero attached hydrogens (tertiary/aromatic N) is 5. The van der Waals surface area contributed by atoms with Crippen molar-refractivity contribution in [2.75, 3.05) is 25.2 Å². The smallest absolute Gasteiger partial charge is 0.265 e. The molecule has 0 spiro atoms. The van der Waals surface area contributed by atoms with Gasteiger partial charge in [0.15, 0.2) is 16.1 Å². The van der Waals surface area contributed by atoms with E-state index < -0.39 is 0 Å². The van der Waals surface area contributed by atoms with Crippen LogP contribution in [0, 0.1) is 20.8 Å². The number of hydrogen-bond acceptors (Lipinski definition) is 8. The van der Waals surface area contributed by atoms with Crippen LogP contribution in [0.3, 0.4) is 0 Å². The summed E-state index contributed by atoms with van der Waals surface area (Å²) in [5.74, 6) is 1.13. The highest BCUT2D eigenvalue weighted by Crippen LogP contribution is 2.25. The zero-order valence-corrected chi connectivity index (χ0v) is 21.5. The molecule has 0 bridgehead atoms. The van der Waals surface area contributed by atoms with Crippen molar-refractivity contribution in [3.63, 3.8) is 0 Å². The van der Waals surface area contributed by atoms with Crippen LogP contribution in [0.15, 0.2) is 36.0 Å². The Bertz CT molecular complexity index is 1200. The first-order valence-corrected chi connectivity index (χ1v) is 12.3. The summed E-state index contributed by atoms with van der Waals surface area (Å²) in [6.07, 6.45) is 1.74. The second kappa shape index (κ2) is 11.3. The van der Waals surface area contributed by atoms with Gasteiger partial charge >= 0.3 is 0 Å². The van der Waals surface area contributed by atoms with Crippen molar-refractivity contribution in [2.24, 2.45) is 0 Å². The van der Waals surface area contributed by atoms with Gasteiger partial charge in [-0.15, -0.1) is 16.8 Å². The number of thioether (sulfide) groups is 1. The molecule has 0 saturated carbocycles. The van der Waals surface area contributed by atoms with Gasteiger partial charge in [0.1, 0.15) is 17.2 Å². The molecule has 2 heterocycles. The molecule has 9 nitrogen and oxygen atoms in total. The molecule has 3 aromatic rings. The van der Waals surface area contributed by atoms with Gasteiger partial charge in [-0.2, -0.15) is 0 Å². The minimum Gasteiger partial charge on any atom is -0.486 e. The average Bonchev–Trinajstić information content (AvgIpc) is 3.35. The maximum absolute atomic E-state index is 12.5. The van der Waals surface area contributed by atoms with E-state index in [0.29, 0.717) is 33.2 Å². The number of carbonyl (C=O) groups is 2. The molecule has 0 aliphatic rings. The van der Waals surface area contributed by atoms with E-state index in [2.05, 4.69) is 34.0 Å². The Kier molecular flexibility index (Phi) is 8.46. The molecule has 1 N–H and O–H groups in total. The molecule has 3 rings (SSSR count). The molecule has 0 aliphatic heterocycles. The Labute approximate surface area is 207 Å². The highest BCUT2D eigenvalue weighted by molar-refractivity contribution is 7.99. The molecule has 0 atom stereocenters. The standard InChI is InChI=1S/C23H28N6O3S2/c1-7-10-29-18(12-32-17-9-8-14(2)15(3)11-17)26-27-23(29)33-13-19(30)25-22-24-16(4)20(34-22)21(31)28(5)6/h7-9,11H,1,10,12-13H2,2-6H3,(H,24,25,30). The fourth-order valence-corrected chi connectivity index (χ4v) is 4.70. The van der Waals surface area contributed by atoms with Gasteiger partial charge in [0.2, 0.25) is 5.91 Å². The summed E-state index contributed by atoms with van der Waals surface area (Å²) in [6, 6.07) is 5.93. The van der Waals surface area contributed by atoms with Gasteiger partial charge in [-0.05, 0) is 44.0 Å². The fourth-order valence-electron chi connectivity index (χ4n) is 2.93. The summed E-state index contributed by atoms with van der Waals surface area (Å²) in [5.41, 5.74) is 2.94. The summed E-state index contributed by atoms with van der Waals surface area (Å²) < 4.78 is 7.77. The Balaban J connectivity index is 1.62. The van der Waals surface area contributed by atoms with Crippen LogP contribution in [-0.4, -0.2) is 56.3 Å². The third-order valence-electron chi connectivity index (χ3n) is 4.93. The van der Waals surface area contributed by atoms with Crippen molar-refractivity contribution in [2.45, 2.75) is 39.1 Å². The Morgan fingerprint density at radius 2 is 2.00 bits per heavy atom. The largest absolute Gasteiger partial charge is 0.486 e. The van der Waals surface area contributed by atoms with E-state index in [1.54, 1.807) is 27.1 Å². The lowest BCUT2D eigenvalue weighted by Gasteiger charge is -2.10. The van der Waals surface area contributed by atoms with Crippen molar-refractivity contribution in [3.05, 3.63) is 58.4 Å². The quantitative estimate of drug-likeness (QED) is 0.333. The first-order chi connectivity index (χ1) is 16.2. The molecule has 11 heteroatoms. The van der Waals surface area contributed by atoms with Crippen molar-refractivity contribution < 1.29 is 14.3 Å². The van der Waals surface area contributed by atoms with Gasteiger partial charge in [-0.3, -0.25) is 14.2 Å². The molecule has 2 amide bonds. The van der Waals surface area contributed by atoms with Gasteiger partial charge in [0.25, 0.3) is 5.91 Å². The molecule has 180 valence electrons. The van der Waals surface area contributed by atoms with Gasteiger partial charge in [-0.1, -0.05) is 35.2 Å². The number of aryl methyl sites for hydroxylation is 3. The van der Waals surface area contributed by atoms with Gasteiger partial charge < -0.3 is 15.0 Å². The maximum Gasteiger partial charge on any atom is 0.265 e. The predicted octanol–water partition coefficient (Wildman–Crippen LogP) is 3.86. The minimum absolute atomic E-state index is 0.114. The Morgan fingerprint density at radius 1 is 1.24 bits per heavy atom. The predicted molar refractivity (Wildman–Crippen MR) is 135 cm³/mol. The van der Waals surface area contributed by atoms with Crippen molar-refractivity contribution >= 4 is 40.0 Å². The lowest BCUT2D eigenvalue weighted by molar-refractivity contribution is -0.113. The van der Waals surface area contributed by atoms with E-state index in [-0.39, 0.29) is 24.2 Å². The molecule has 0 radical (unpaired) electrons. The van der Waals surface area contributed by atoms with E-state index in [9.17, 15) is 9.59 Å². The lowest BCUT2D eigenvalue weighted by Crippen LogP contribution is -2.21. The molecule has 34 heavy (non-hydrogen) atoms. The van der Waals surface area contributed by atoms with E-state index in [0.717, 1.165) is 22.6 Å². The monoisotopic (exact) mass is 500 g/mol. The topological polar surface area (TPSA) is 102 Å². The number of aromatic nitrogens is 4. The lowest BCUT2D eigenvalue weighted by atomic mass is 10.1. The average molecular weight is 501 g/mol. The third kappa shape index (κ3) is 6.23. The summed E-state index contributed by atoms with van der Waals surface area (Å²) in [5, 5.41) is 12.2. The van der Waals surface area contributed by atoms with Crippen LogP contribution in [0.5, 0.6) is 5.75 Å². The van der Waals surface area contributed by atoms with Crippen LogP contribution >= 0.6 is 23.1 Å². The number of benzene rings is 1. The van der Waals surface area contributed by atoms with Crippen LogP contribution in [0.2, 0.25) is 0 Å². The van der Waals surface area contributed by atoms with Crippen LogP contribution in [0.4, 0.5) is 5.13 Å². The number of anilines is 1. The van der Waals surface area contributed by atoms with E-state index in [1.807, 2.05) is 29.7 Å². The highest BCUT2D eigenvalue weighted by Gasteiger charge is 2.19. The minimum atomic E-state index is -0.247. The first kappa shape index (κ1) is 25.4. The maximum atomic E-state index is 12.5. The first-order valence-electron chi connectivity index (χ1n) is 10.5. The van der Waals surface area contributed by atoms with E-state index in [1.165, 1.54) is 22.2 Å². The number of rotatable bonds is 10. The molecular weight excluding hydrogens is 472 g/mol. The SMILES string of the molecule is C=CCn1c(COc2ccc(C)c(C)c2)nnc1SCC(=O)Nc1nc(C)c(C(=O)N(C)C)s1. The van der Waals surface area contributed by atoms with Gasteiger partial charge in [0, 0.05) is 20.6 Å². The summed E-state index contributed by atoms with van der Waals surface area (Å²) in [6.45, 7) is 10.4. The second-order valence-corrected chi connectivity index (χ2v) is 9.74. The highest BCUT2D eigenvalue weighted by atomic mass is 32.2. The number of nitrogens with one attached hydrogen (secondary N) is 1. The van der Waals surface area contributed by atoms with E-state index in [4.69, 9.17) is 4.74 Å². The Hall–Kier alpha value is -3.18. The van der Waals surface area contributed by atoms with Crippen LogP contribution in [0.1, 0.15) is 32.3 Å². The second-order valence-electron chi connectivity index (χ2n) is 7.80. The zero-order valence-electron chi connectivity index (χ0n) is 19.9. The molecule has 0 fully saturated rings. The van der Waals surface area contributed by atoms with Crippen molar-refractivity contribution in [1.29, 1.82) is 0 Å². The van der Waals surface area contributed by atoms with Gasteiger partial charge in [-0.25, -0.2) is 4.98 Å². The summed E-state index contributed by atoms with van der Waals surface area (Å²) >= 11 is 2.42. The van der Waals surface area contributed by atoms with Crippen LogP contribution < -0.4 is 10.1 Å².